The van der Waals surface area contributed by atoms with Crippen molar-refractivity contribution in [3.63, 3.8) is 0 Å². The Kier molecular flexibility index (Phi) is 6.76. The standard InChI is InChI=1S/C20H20ClN3O2/c1-3-13(2)18(24-19(25)15-6-8-16(21)9-7-15)20(26)23-17-10-4-14(12-22)5-11-17/h4-11,13,18H,3H2,1-2H3,(H,23,26)(H,24,25)/t13-,18-/m0/s1. The molecule has 0 aliphatic rings. The highest BCUT2D eigenvalue weighted by molar-refractivity contribution is 6.30. The fraction of sp³-hybridized carbons (Fsp3) is 0.250. The molecule has 0 saturated heterocycles. The smallest absolute Gasteiger partial charge is 0.251 e. The molecule has 0 radical (unpaired) electrons. The predicted molar refractivity (Wildman–Crippen MR) is 102 cm³/mol. The third kappa shape index (κ3) is 5.08. The van der Waals surface area contributed by atoms with Gasteiger partial charge in [-0.15, -0.1) is 0 Å². The summed E-state index contributed by atoms with van der Waals surface area (Å²) in [6.07, 6.45) is 0.729. The van der Waals surface area contributed by atoms with Crippen molar-refractivity contribution < 1.29 is 9.59 Å². The van der Waals surface area contributed by atoms with E-state index in [0.29, 0.717) is 21.8 Å². The molecular formula is C20H20ClN3O2. The van der Waals surface area contributed by atoms with Gasteiger partial charge in [-0.3, -0.25) is 9.59 Å². The number of halogens is 1. The van der Waals surface area contributed by atoms with Crippen LogP contribution in [0.3, 0.4) is 0 Å². The van der Waals surface area contributed by atoms with E-state index in [1.165, 1.54) is 0 Å². The predicted octanol–water partition coefficient (Wildman–Crippen LogP) is 3.99. The lowest BCUT2D eigenvalue weighted by Crippen LogP contribution is -2.47. The van der Waals surface area contributed by atoms with Gasteiger partial charge in [0.1, 0.15) is 6.04 Å². The van der Waals surface area contributed by atoms with Crippen LogP contribution in [0.25, 0.3) is 0 Å². The molecule has 0 saturated carbocycles. The fourth-order valence-corrected chi connectivity index (χ4v) is 2.50. The second-order valence-corrected chi connectivity index (χ2v) is 6.46. The van der Waals surface area contributed by atoms with Crippen LogP contribution in [-0.4, -0.2) is 17.9 Å². The Bertz CT molecular complexity index is 810. The molecule has 0 aromatic heterocycles. The maximum atomic E-state index is 12.7. The van der Waals surface area contributed by atoms with E-state index in [2.05, 4.69) is 10.6 Å². The molecule has 6 heteroatoms. The molecule has 2 aromatic carbocycles. The third-order valence-electron chi connectivity index (χ3n) is 4.17. The van der Waals surface area contributed by atoms with Crippen molar-refractivity contribution in [1.29, 1.82) is 5.26 Å². The Morgan fingerprint density at radius 1 is 1.12 bits per heavy atom. The maximum Gasteiger partial charge on any atom is 0.251 e. The first-order chi connectivity index (χ1) is 12.4. The average molecular weight is 370 g/mol. The van der Waals surface area contributed by atoms with E-state index in [4.69, 9.17) is 16.9 Å². The van der Waals surface area contributed by atoms with E-state index >= 15 is 0 Å². The van der Waals surface area contributed by atoms with Gasteiger partial charge in [-0.1, -0.05) is 31.9 Å². The summed E-state index contributed by atoms with van der Waals surface area (Å²) in [7, 11) is 0. The van der Waals surface area contributed by atoms with Crippen LogP contribution in [-0.2, 0) is 4.79 Å². The first kappa shape index (κ1) is 19.5. The molecule has 134 valence electrons. The summed E-state index contributed by atoms with van der Waals surface area (Å²) in [6.45, 7) is 3.87. The third-order valence-corrected chi connectivity index (χ3v) is 4.42. The number of benzene rings is 2. The van der Waals surface area contributed by atoms with Crippen LogP contribution in [0.2, 0.25) is 5.02 Å². The summed E-state index contributed by atoms with van der Waals surface area (Å²) < 4.78 is 0. The first-order valence-electron chi connectivity index (χ1n) is 8.32. The molecule has 2 N–H and O–H groups in total. The second-order valence-electron chi connectivity index (χ2n) is 6.02. The minimum absolute atomic E-state index is 0.0513. The summed E-state index contributed by atoms with van der Waals surface area (Å²) in [5.41, 5.74) is 1.52. The molecule has 0 bridgehead atoms. The van der Waals surface area contributed by atoms with Gasteiger partial charge in [-0.25, -0.2) is 0 Å². The van der Waals surface area contributed by atoms with Crippen LogP contribution in [0.4, 0.5) is 5.69 Å². The van der Waals surface area contributed by atoms with Crippen molar-refractivity contribution in [3.05, 3.63) is 64.7 Å². The summed E-state index contributed by atoms with van der Waals surface area (Å²) in [5.74, 6) is -0.682. The van der Waals surface area contributed by atoms with Crippen LogP contribution in [0.15, 0.2) is 48.5 Å². The molecule has 2 atom stereocenters. The number of carbonyl (C=O) groups excluding carboxylic acids is 2. The van der Waals surface area contributed by atoms with Crippen LogP contribution in [0.5, 0.6) is 0 Å². The lowest BCUT2D eigenvalue weighted by atomic mass is 9.97. The Morgan fingerprint density at radius 2 is 1.73 bits per heavy atom. The molecule has 0 spiro atoms. The van der Waals surface area contributed by atoms with Crippen LogP contribution in [0.1, 0.15) is 36.2 Å². The van der Waals surface area contributed by atoms with Gasteiger partial charge < -0.3 is 10.6 Å². The van der Waals surface area contributed by atoms with Gasteiger partial charge in [0.25, 0.3) is 5.91 Å². The van der Waals surface area contributed by atoms with E-state index in [-0.39, 0.29) is 17.7 Å². The van der Waals surface area contributed by atoms with Crippen molar-refractivity contribution in [2.45, 2.75) is 26.3 Å². The quantitative estimate of drug-likeness (QED) is 0.807. The van der Waals surface area contributed by atoms with E-state index < -0.39 is 6.04 Å². The topological polar surface area (TPSA) is 82.0 Å². The normalized spacial score (nSPS) is 12.5. The van der Waals surface area contributed by atoms with Crippen molar-refractivity contribution in [1.82, 2.24) is 5.32 Å². The Morgan fingerprint density at radius 3 is 2.27 bits per heavy atom. The fourth-order valence-electron chi connectivity index (χ4n) is 2.38. The van der Waals surface area contributed by atoms with E-state index in [1.807, 2.05) is 19.9 Å². The molecule has 0 aliphatic carbocycles. The SMILES string of the molecule is CC[C@H](C)[C@H](NC(=O)c1ccc(Cl)cc1)C(=O)Nc1ccc(C#N)cc1. The number of carbonyl (C=O) groups is 2. The lowest BCUT2D eigenvalue weighted by Gasteiger charge is -2.23. The largest absolute Gasteiger partial charge is 0.340 e. The number of anilines is 1. The summed E-state index contributed by atoms with van der Waals surface area (Å²) in [6, 6.07) is 14.4. The molecule has 2 amide bonds. The van der Waals surface area contributed by atoms with Gasteiger partial charge in [0.05, 0.1) is 11.6 Å². The molecule has 0 heterocycles. The zero-order chi connectivity index (χ0) is 19.1. The Hall–Kier alpha value is -2.84. The van der Waals surface area contributed by atoms with Gasteiger partial charge in [-0.05, 0) is 54.4 Å². The van der Waals surface area contributed by atoms with Crippen molar-refractivity contribution >= 4 is 29.1 Å². The average Bonchev–Trinajstić information content (AvgIpc) is 2.66. The van der Waals surface area contributed by atoms with Crippen LogP contribution in [0, 0.1) is 17.2 Å². The van der Waals surface area contributed by atoms with Gasteiger partial charge in [0.2, 0.25) is 5.91 Å². The number of hydrogen-bond donors (Lipinski definition) is 2. The Labute approximate surface area is 158 Å². The highest BCUT2D eigenvalue weighted by atomic mass is 35.5. The number of nitrogens with one attached hydrogen (secondary N) is 2. The number of nitrogens with zero attached hydrogens (tertiary/aromatic N) is 1. The highest BCUT2D eigenvalue weighted by Crippen LogP contribution is 2.15. The van der Waals surface area contributed by atoms with E-state index in [1.54, 1.807) is 48.5 Å². The molecule has 26 heavy (non-hydrogen) atoms. The number of hydrogen-bond acceptors (Lipinski definition) is 3. The first-order valence-corrected chi connectivity index (χ1v) is 8.69. The molecular weight excluding hydrogens is 350 g/mol. The molecule has 5 nitrogen and oxygen atoms in total. The molecule has 2 rings (SSSR count). The van der Waals surface area contributed by atoms with Crippen molar-refractivity contribution in [3.8, 4) is 6.07 Å². The van der Waals surface area contributed by atoms with E-state index in [9.17, 15) is 9.59 Å². The zero-order valence-electron chi connectivity index (χ0n) is 14.6. The highest BCUT2D eigenvalue weighted by Gasteiger charge is 2.26. The van der Waals surface area contributed by atoms with Crippen molar-refractivity contribution in [2.24, 2.45) is 5.92 Å². The monoisotopic (exact) mass is 369 g/mol. The van der Waals surface area contributed by atoms with Gasteiger partial charge >= 0.3 is 0 Å². The maximum absolute atomic E-state index is 12.7. The molecule has 0 unspecified atom stereocenters. The number of rotatable bonds is 6. The summed E-state index contributed by atoms with van der Waals surface area (Å²) in [4.78, 5) is 25.1. The number of amides is 2. The zero-order valence-corrected chi connectivity index (χ0v) is 15.4. The second kappa shape index (κ2) is 9.02. The summed E-state index contributed by atoms with van der Waals surface area (Å²) in [5, 5.41) is 15.0. The number of nitriles is 1. The van der Waals surface area contributed by atoms with Crippen LogP contribution < -0.4 is 10.6 Å². The van der Waals surface area contributed by atoms with Gasteiger partial charge in [0, 0.05) is 16.3 Å². The van der Waals surface area contributed by atoms with Crippen LogP contribution >= 0.6 is 11.6 Å². The van der Waals surface area contributed by atoms with Gasteiger partial charge in [0.15, 0.2) is 0 Å². The minimum atomic E-state index is -0.682. The van der Waals surface area contributed by atoms with E-state index in [0.717, 1.165) is 6.42 Å². The molecule has 0 fully saturated rings. The van der Waals surface area contributed by atoms with Crippen molar-refractivity contribution in [2.75, 3.05) is 5.32 Å². The van der Waals surface area contributed by atoms with Gasteiger partial charge in [-0.2, -0.15) is 5.26 Å². The Balaban J connectivity index is 2.12. The molecule has 2 aromatic rings. The lowest BCUT2D eigenvalue weighted by molar-refractivity contribution is -0.119. The summed E-state index contributed by atoms with van der Waals surface area (Å²) >= 11 is 5.84. The minimum Gasteiger partial charge on any atom is -0.340 e. The molecule has 0 aliphatic heterocycles.